The van der Waals surface area contributed by atoms with Gasteiger partial charge in [0.05, 0.1) is 0 Å². The van der Waals surface area contributed by atoms with E-state index >= 15 is 0 Å². The molecule has 0 saturated carbocycles. The first-order valence-electron chi connectivity index (χ1n) is 5.19. The third-order valence-corrected chi connectivity index (χ3v) is 7.31. The van der Waals surface area contributed by atoms with Gasteiger partial charge in [-0.1, -0.05) is 6.92 Å². The van der Waals surface area contributed by atoms with E-state index in [-0.39, 0.29) is 24.8 Å². The quantitative estimate of drug-likeness (QED) is 0.830. The molecule has 17 heavy (non-hydrogen) atoms. The maximum Gasteiger partial charge on any atom is 0.253 e. The number of hydrogen-bond donors (Lipinski definition) is 0. The minimum atomic E-state index is -3.45. The lowest BCUT2D eigenvalue weighted by Crippen LogP contribution is -2.42. The lowest BCUT2D eigenvalue weighted by molar-refractivity contribution is -0.124. The molecule has 1 aliphatic heterocycles. The van der Waals surface area contributed by atoms with Gasteiger partial charge < -0.3 is 0 Å². The minimum Gasteiger partial charge on any atom is -0.299 e. The second-order valence-electron chi connectivity index (χ2n) is 4.04. The smallest absolute Gasteiger partial charge is 0.253 e. The Kier molecular flexibility index (Phi) is 3.72. The van der Waals surface area contributed by atoms with Crippen LogP contribution < -0.4 is 0 Å². The second-order valence-corrected chi connectivity index (χ2v) is 7.94. The minimum absolute atomic E-state index is 0.140. The van der Waals surface area contributed by atoms with E-state index in [1.807, 2.05) is 0 Å². The molecule has 2 heterocycles. The Morgan fingerprint density at radius 2 is 2.24 bits per heavy atom. The van der Waals surface area contributed by atoms with Gasteiger partial charge in [-0.25, -0.2) is 8.42 Å². The van der Waals surface area contributed by atoms with Crippen LogP contribution in [0.1, 0.15) is 13.3 Å². The van der Waals surface area contributed by atoms with Crippen LogP contribution in [0.25, 0.3) is 0 Å². The maximum atomic E-state index is 12.3. The third-order valence-electron chi connectivity index (χ3n) is 2.79. The SMILES string of the molecule is CC1CN(S(=O)(=O)c2sccc2Br)CCC1=O. The summed E-state index contributed by atoms with van der Waals surface area (Å²) in [5.41, 5.74) is 0. The summed E-state index contributed by atoms with van der Waals surface area (Å²) in [4.78, 5) is 11.4. The van der Waals surface area contributed by atoms with Crippen molar-refractivity contribution in [2.75, 3.05) is 13.1 Å². The first-order valence-corrected chi connectivity index (χ1v) is 8.30. The summed E-state index contributed by atoms with van der Waals surface area (Å²) < 4.78 is 26.9. The molecule has 2 rings (SSSR count). The predicted molar refractivity (Wildman–Crippen MR) is 69.6 cm³/mol. The zero-order valence-electron chi connectivity index (χ0n) is 9.22. The van der Waals surface area contributed by atoms with Crippen LogP contribution >= 0.6 is 27.3 Å². The fourth-order valence-electron chi connectivity index (χ4n) is 1.78. The maximum absolute atomic E-state index is 12.3. The fourth-order valence-corrected chi connectivity index (χ4v) is 5.76. The summed E-state index contributed by atoms with van der Waals surface area (Å²) in [6.07, 6.45) is 0.309. The molecule has 0 bridgehead atoms. The summed E-state index contributed by atoms with van der Waals surface area (Å²) in [6.45, 7) is 2.34. The zero-order valence-corrected chi connectivity index (χ0v) is 12.4. The molecule has 0 N–H and O–H groups in total. The van der Waals surface area contributed by atoms with E-state index in [9.17, 15) is 13.2 Å². The van der Waals surface area contributed by atoms with Crippen molar-refractivity contribution >= 4 is 43.1 Å². The van der Waals surface area contributed by atoms with Crippen LogP contribution in [0.4, 0.5) is 0 Å². The highest BCUT2D eigenvalue weighted by Crippen LogP contribution is 2.31. The fraction of sp³-hybridized carbons (Fsp3) is 0.500. The highest BCUT2D eigenvalue weighted by atomic mass is 79.9. The van der Waals surface area contributed by atoms with Gasteiger partial charge in [0.1, 0.15) is 9.99 Å². The summed E-state index contributed by atoms with van der Waals surface area (Å²) in [6, 6.07) is 1.72. The van der Waals surface area contributed by atoms with Crippen LogP contribution in [0.15, 0.2) is 20.1 Å². The zero-order chi connectivity index (χ0) is 12.6. The number of rotatable bonds is 2. The lowest BCUT2D eigenvalue weighted by atomic mass is 10.0. The number of halogens is 1. The molecule has 1 fully saturated rings. The Morgan fingerprint density at radius 1 is 1.53 bits per heavy atom. The molecule has 1 unspecified atom stereocenters. The van der Waals surface area contributed by atoms with E-state index in [0.29, 0.717) is 15.1 Å². The standard InChI is InChI=1S/C10H12BrNO3S2/c1-7-6-12(4-2-9(7)13)17(14,15)10-8(11)3-5-16-10/h3,5,7H,2,4,6H2,1H3. The number of nitrogens with zero attached hydrogens (tertiary/aromatic N) is 1. The molecule has 1 aliphatic rings. The first-order chi connectivity index (χ1) is 7.93. The highest BCUT2D eigenvalue weighted by molar-refractivity contribution is 9.10. The molecule has 1 aromatic heterocycles. The average molecular weight is 338 g/mol. The normalized spacial score (nSPS) is 22.9. The summed E-state index contributed by atoms with van der Waals surface area (Å²) in [5, 5.41) is 1.73. The molecule has 1 aromatic rings. The lowest BCUT2D eigenvalue weighted by Gasteiger charge is -2.28. The largest absolute Gasteiger partial charge is 0.299 e. The van der Waals surface area contributed by atoms with Crippen molar-refractivity contribution < 1.29 is 13.2 Å². The number of ketones is 1. The van der Waals surface area contributed by atoms with Gasteiger partial charge in [-0.2, -0.15) is 4.31 Å². The number of hydrogen-bond acceptors (Lipinski definition) is 4. The first kappa shape index (κ1) is 13.2. The molecule has 4 nitrogen and oxygen atoms in total. The van der Waals surface area contributed by atoms with Gasteiger partial charge in [0, 0.05) is 29.9 Å². The Labute approximate surface area is 113 Å². The van der Waals surface area contributed by atoms with Gasteiger partial charge in [-0.05, 0) is 27.4 Å². The molecule has 1 saturated heterocycles. The van der Waals surface area contributed by atoms with Gasteiger partial charge in [0.25, 0.3) is 10.0 Å². The van der Waals surface area contributed by atoms with Crippen molar-refractivity contribution in [1.82, 2.24) is 4.31 Å². The van der Waals surface area contributed by atoms with E-state index in [4.69, 9.17) is 0 Å². The molecule has 0 aromatic carbocycles. The van der Waals surface area contributed by atoms with E-state index in [1.165, 1.54) is 15.6 Å². The molecule has 0 amide bonds. The number of Topliss-reactive ketones (excluding diaryl/α,β-unsaturated/α-hetero) is 1. The van der Waals surface area contributed by atoms with Crippen LogP contribution in [-0.4, -0.2) is 31.6 Å². The number of carbonyl (C=O) groups is 1. The monoisotopic (exact) mass is 337 g/mol. The molecular weight excluding hydrogens is 326 g/mol. The average Bonchev–Trinajstić information content (AvgIpc) is 2.69. The van der Waals surface area contributed by atoms with Crippen molar-refractivity contribution in [3.63, 3.8) is 0 Å². The van der Waals surface area contributed by atoms with E-state index in [0.717, 1.165) is 0 Å². The van der Waals surface area contributed by atoms with Gasteiger partial charge in [-0.3, -0.25) is 4.79 Å². The predicted octanol–water partition coefficient (Wildman–Crippen LogP) is 2.11. The number of carbonyl (C=O) groups excluding carboxylic acids is 1. The van der Waals surface area contributed by atoms with Crippen LogP contribution in [0.3, 0.4) is 0 Å². The molecule has 0 aliphatic carbocycles. The number of piperidine rings is 1. The van der Waals surface area contributed by atoms with Crippen molar-refractivity contribution in [2.24, 2.45) is 5.92 Å². The summed E-state index contributed by atoms with van der Waals surface area (Å²) in [5.74, 6) is -0.0704. The summed E-state index contributed by atoms with van der Waals surface area (Å²) in [7, 11) is -3.45. The topological polar surface area (TPSA) is 54.5 Å². The molecule has 7 heteroatoms. The second kappa shape index (κ2) is 4.79. The van der Waals surface area contributed by atoms with Gasteiger partial charge in [-0.15, -0.1) is 11.3 Å². The van der Waals surface area contributed by atoms with E-state index in [2.05, 4.69) is 15.9 Å². The van der Waals surface area contributed by atoms with Gasteiger partial charge >= 0.3 is 0 Å². The van der Waals surface area contributed by atoms with Crippen LogP contribution in [-0.2, 0) is 14.8 Å². The van der Waals surface area contributed by atoms with Gasteiger partial charge in [0.15, 0.2) is 0 Å². The molecule has 1 atom stereocenters. The van der Waals surface area contributed by atoms with Crippen molar-refractivity contribution in [1.29, 1.82) is 0 Å². The molecular formula is C10H12BrNO3S2. The number of sulfonamides is 1. The molecule has 94 valence electrons. The van der Waals surface area contributed by atoms with Crippen molar-refractivity contribution in [2.45, 2.75) is 17.6 Å². The Balaban J connectivity index is 2.29. The van der Waals surface area contributed by atoms with E-state index < -0.39 is 10.0 Å². The highest BCUT2D eigenvalue weighted by Gasteiger charge is 2.33. The summed E-state index contributed by atoms with van der Waals surface area (Å²) >= 11 is 4.42. The van der Waals surface area contributed by atoms with Gasteiger partial charge in [0.2, 0.25) is 0 Å². The third kappa shape index (κ3) is 2.47. The Morgan fingerprint density at radius 3 is 2.76 bits per heavy atom. The molecule has 0 radical (unpaired) electrons. The van der Waals surface area contributed by atoms with E-state index in [1.54, 1.807) is 18.4 Å². The number of thiophene rings is 1. The van der Waals surface area contributed by atoms with Crippen LogP contribution in [0.2, 0.25) is 0 Å². The van der Waals surface area contributed by atoms with Crippen LogP contribution in [0, 0.1) is 5.92 Å². The van der Waals surface area contributed by atoms with Crippen LogP contribution in [0.5, 0.6) is 0 Å². The van der Waals surface area contributed by atoms with Crippen molar-refractivity contribution in [3.05, 3.63) is 15.9 Å². The molecule has 0 spiro atoms. The Hall–Kier alpha value is -0.240. The van der Waals surface area contributed by atoms with Crippen molar-refractivity contribution in [3.8, 4) is 0 Å². The Bertz CT molecular complexity index is 538.